The van der Waals surface area contributed by atoms with Crippen molar-refractivity contribution in [3.8, 4) is 17.0 Å². The van der Waals surface area contributed by atoms with Crippen molar-refractivity contribution in [3.63, 3.8) is 0 Å². The maximum absolute atomic E-state index is 12.8. The van der Waals surface area contributed by atoms with Crippen LogP contribution in [0.1, 0.15) is 17.0 Å². The molecule has 2 heterocycles. The number of amides is 2. The van der Waals surface area contributed by atoms with Gasteiger partial charge in [-0.1, -0.05) is 18.2 Å². The Balaban J connectivity index is 1.45. The molecule has 30 heavy (non-hydrogen) atoms. The number of anilines is 2. The highest BCUT2D eigenvalue weighted by atomic mass is 32.1. The van der Waals surface area contributed by atoms with Crippen LogP contribution < -0.4 is 15.0 Å². The van der Waals surface area contributed by atoms with E-state index in [9.17, 15) is 9.59 Å². The second-order valence-corrected chi connectivity index (χ2v) is 8.46. The number of nitrogens with zero attached hydrogens (tertiary/aromatic N) is 2. The highest BCUT2D eigenvalue weighted by Crippen LogP contribution is 2.34. The van der Waals surface area contributed by atoms with Crippen LogP contribution in [0.2, 0.25) is 0 Å². The SMILES string of the molecule is COc1ccc(C)cc1N1CC(C(=O)Nc2ccc(-c3csc(C)n3)cc2)CC1=O. The predicted molar refractivity (Wildman–Crippen MR) is 119 cm³/mol. The number of benzene rings is 2. The summed E-state index contributed by atoms with van der Waals surface area (Å²) in [5.41, 5.74) is 4.38. The fourth-order valence-electron chi connectivity index (χ4n) is 3.59. The molecule has 0 bridgehead atoms. The van der Waals surface area contributed by atoms with Crippen LogP contribution in [0.4, 0.5) is 11.4 Å². The van der Waals surface area contributed by atoms with Crippen molar-refractivity contribution in [2.75, 3.05) is 23.9 Å². The molecule has 1 unspecified atom stereocenters. The molecule has 0 radical (unpaired) electrons. The molecule has 7 heteroatoms. The van der Waals surface area contributed by atoms with Gasteiger partial charge in [0.05, 0.1) is 29.4 Å². The highest BCUT2D eigenvalue weighted by molar-refractivity contribution is 7.09. The summed E-state index contributed by atoms with van der Waals surface area (Å²) in [6.45, 7) is 4.27. The van der Waals surface area contributed by atoms with E-state index in [4.69, 9.17) is 4.74 Å². The lowest BCUT2D eigenvalue weighted by molar-refractivity contribution is -0.122. The lowest BCUT2D eigenvalue weighted by Gasteiger charge is -2.20. The summed E-state index contributed by atoms with van der Waals surface area (Å²) in [4.78, 5) is 31.5. The molecule has 0 aliphatic carbocycles. The molecule has 1 N–H and O–H groups in total. The molecule has 0 saturated carbocycles. The first kappa shape index (κ1) is 20.1. The Kier molecular flexibility index (Phi) is 5.55. The van der Waals surface area contributed by atoms with E-state index in [0.717, 1.165) is 21.8 Å². The summed E-state index contributed by atoms with van der Waals surface area (Å²) in [6, 6.07) is 13.3. The Morgan fingerprint density at radius 2 is 1.97 bits per heavy atom. The number of nitrogens with one attached hydrogen (secondary N) is 1. The van der Waals surface area contributed by atoms with Crippen molar-refractivity contribution in [1.29, 1.82) is 0 Å². The van der Waals surface area contributed by atoms with Crippen molar-refractivity contribution in [2.24, 2.45) is 5.92 Å². The zero-order chi connectivity index (χ0) is 21.3. The Labute approximate surface area is 179 Å². The second kappa shape index (κ2) is 8.28. The third kappa shape index (κ3) is 4.07. The van der Waals surface area contributed by atoms with Crippen molar-refractivity contribution >= 4 is 34.5 Å². The van der Waals surface area contributed by atoms with Gasteiger partial charge in [-0.25, -0.2) is 4.98 Å². The van der Waals surface area contributed by atoms with Gasteiger partial charge in [0, 0.05) is 29.6 Å². The average molecular weight is 422 g/mol. The fraction of sp³-hybridized carbons (Fsp3) is 0.261. The summed E-state index contributed by atoms with van der Waals surface area (Å²) < 4.78 is 5.40. The molecular formula is C23H23N3O3S. The first-order valence-electron chi connectivity index (χ1n) is 9.73. The summed E-state index contributed by atoms with van der Waals surface area (Å²) in [5.74, 6) is -0.0190. The van der Waals surface area contributed by atoms with E-state index in [2.05, 4.69) is 10.3 Å². The van der Waals surface area contributed by atoms with Gasteiger partial charge in [-0.15, -0.1) is 11.3 Å². The van der Waals surface area contributed by atoms with E-state index < -0.39 is 5.92 Å². The minimum absolute atomic E-state index is 0.0756. The number of ether oxygens (including phenoxy) is 1. The first-order valence-corrected chi connectivity index (χ1v) is 10.6. The molecule has 1 atom stereocenters. The molecule has 3 aromatic rings. The van der Waals surface area contributed by atoms with Gasteiger partial charge in [0.1, 0.15) is 5.75 Å². The molecule has 154 valence electrons. The topological polar surface area (TPSA) is 71.5 Å². The third-order valence-electron chi connectivity index (χ3n) is 5.19. The van der Waals surface area contributed by atoms with Crippen molar-refractivity contribution in [3.05, 3.63) is 58.4 Å². The lowest BCUT2D eigenvalue weighted by Crippen LogP contribution is -2.28. The van der Waals surface area contributed by atoms with Crippen LogP contribution in [0.15, 0.2) is 47.8 Å². The first-order chi connectivity index (χ1) is 14.4. The van der Waals surface area contributed by atoms with Gasteiger partial charge in [-0.3, -0.25) is 9.59 Å². The number of aryl methyl sites for hydroxylation is 2. The number of carbonyl (C=O) groups is 2. The van der Waals surface area contributed by atoms with Gasteiger partial charge in [0.15, 0.2) is 0 Å². The van der Waals surface area contributed by atoms with Crippen LogP contribution in [0, 0.1) is 19.8 Å². The molecule has 1 aliphatic heterocycles. The summed E-state index contributed by atoms with van der Waals surface area (Å²) in [7, 11) is 1.58. The van der Waals surface area contributed by atoms with Crippen molar-refractivity contribution in [2.45, 2.75) is 20.3 Å². The normalized spacial score (nSPS) is 16.0. The van der Waals surface area contributed by atoms with Crippen LogP contribution in [0.3, 0.4) is 0 Å². The number of hydrogen-bond donors (Lipinski definition) is 1. The third-order valence-corrected chi connectivity index (χ3v) is 5.96. The van der Waals surface area contributed by atoms with Gasteiger partial charge >= 0.3 is 0 Å². The van der Waals surface area contributed by atoms with Crippen molar-refractivity contribution in [1.82, 2.24) is 4.98 Å². The van der Waals surface area contributed by atoms with E-state index in [1.165, 1.54) is 0 Å². The molecule has 2 amide bonds. The molecule has 0 spiro atoms. The number of hydrogen-bond acceptors (Lipinski definition) is 5. The van der Waals surface area contributed by atoms with E-state index in [1.807, 2.05) is 61.7 Å². The van der Waals surface area contributed by atoms with Crippen LogP contribution in [0.5, 0.6) is 5.75 Å². The lowest BCUT2D eigenvalue weighted by atomic mass is 10.1. The summed E-state index contributed by atoms with van der Waals surface area (Å²) in [5, 5.41) is 5.97. The summed E-state index contributed by atoms with van der Waals surface area (Å²) in [6.07, 6.45) is 0.180. The highest BCUT2D eigenvalue weighted by Gasteiger charge is 2.36. The maximum Gasteiger partial charge on any atom is 0.229 e. The van der Waals surface area contributed by atoms with Crippen LogP contribution in [0.25, 0.3) is 11.3 Å². The number of carbonyl (C=O) groups excluding carboxylic acids is 2. The zero-order valence-corrected chi connectivity index (χ0v) is 18.0. The minimum atomic E-state index is -0.413. The van der Waals surface area contributed by atoms with Gasteiger partial charge in [0.25, 0.3) is 0 Å². The molecule has 1 fully saturated rings. The average Bonchev–Trinajstić information content (AvgIpc) is 3.34. The van der Waals surface area contributed by atoms with Crippen LogP contribution >= 0.6 is 11.3 Å². The van der Waals surface area contributed by atoms with Gasteiger partial charge in [-0.05, 0) is 43.7 Å². The van der Waals surface area contributed by atoms with E-state index in [0.29, 0.717) is 23.7 Å². The van der Waals surface area contributed by atoms with Gasteiger partial charge < -0.3 is 15.0 Å². The maximum atomic E-state index is 12.8. The molecule has 2 aromatic carbocycles. The largest absolute Gasteiger partial charge is 0.495 e. The predicted octanol–water partition coefficient (Wildman–Crippen LogP) is 4.43. The number of rotatable bonds is 5. The van der Waals surface area contributed by atoms with E-state index >= 15 is 0 Å². The molecule has 1 aliphatic rings. The molecular weight excluding hydrogens is 398 g/mol. The Morgan fingerprint density at radius 1 is 1.20 bits per heavy atom. The standard InChI is InChI=1S/C23H23N3O3S/c1-14-4-9-21(29-3)20(10-14)26-12-17(11-22(26)27)23(28)25-18-7-5-16(6-8-18)19-13-30-15(2)24-19/h4-10,13,17H,11-12H2,1-3H3,(H,25,28). The fourth-order valence-corrected chi connectivity index (χ4v) is 4.21. The van der Waals surface area contributed by atoms with Crippen LogP contribution in [-0.2, 0) is 9.59 Å². The minimum Gasteiger partial charge on any atom is -0.495 e. The monoisotopic (exact) mass is 421 g/mol. The van der Waals surface area contributed by atoms with Gasteiger partial charge in [-0.2, -0.15) is 0 Å². The molecule has 1 saturated heterocycles. The number of thiazole rings is 1. The zero-order valence-electron chi connectivity index (χ0n) is 17.1. The van der Waals surface area contributed by atoms with Crippen LogP contribution in [-0.4, -0.2) is 30.5 Å². The summed E-state index contributed by atoms with van der Waals surface area (Å²) >= 11 is 1.61. The quantitative estimate of drug-likeness (QED) is 0.662. The Hall–Kier alpha value is -3.19. The smallest absolute Gasteiger partial charge is 0.229 e. The number of aromatic nitrogens is 1. The molecule has 4 rings (SSSR count). The second-order valence-electron chi connectivity index (χ2n) is 7.40. The Morgan fingerprint density at radius 3 is 2.63 bits per heavy atom. The van der Waals surface area contributed by atoms with Gasteiger partial charge in [0.2, 0.25) is 11.8 Å². The molecule has 1 aromatic heterocycles. The van der Waals surface area contributed by atoms with E-state index in [-0.39, 0.29) is 18.2 Å². The number of methoxy groups -OCH3 is 1. The molecule has 6 nitrogen and oxygen atoms in total. The Bertz CT molecular complexity index is 1090. The van der Waals surface area contributed by atoms with E-state index in [1.54, 1.807) is 23.3 Å². The van der Waals surface area contributed by atoms with Crippen molar-refractivity contribution < 1.29 is 14.3 Å².